The van der Waals surface area contributed by atoms with Gasteiger partial charge < -0.3 is 4.74 Å². The highest BCUT2D eigenvalue weighted by Gasteiger charge is 2.39. The van der Waals surface area contributed by atoms with E-state index in [1.54, 1.807) is 12.1 Å². The van der Waals surface area contributed by atoms with Gasteiger partial charge in [-0.25, -0.2) is 4.39 Å². The quantitative estimate of drug-likeness (QED) is 0.715. The van der Waals surface area contributed by atoms with Crippen LogP contribution in [0.25, 0.3) is 0 Å². The van der Waals surface area contributed by atoms with Crippen LogP contribution in [0.5, 0.6) is 0 Å². The first-order valence-corrected chi connectivity index (χ1v) is 4.85. The molecule has 1 aliphatic heterocycles. The van der Waals surface area contributed by atoms with E-state index in [9.17, 15) is 4.39 Å². The van der Waals surface area contributed by atoms with E-state index in [2.05, 4.69) is 12.6 Å². The number of ether oxygens (including phenoxy) is 1. The zero-order valence-electron chi connectivity index (χ0n) is 7.16. The van der Waals surface area contributed by atoms with Crippen molar-refractivity contribution in [1.29, 1.82) is 0 Å². The molecule has 0 N–H and O–H groups in total. The van der Waals surface area contributed by atoms with Gasteiger partial charge in [0.25, 0.3) is 0 Å². The Kier molecular flexibility index (Phi) is 2.30. The van der Waals surface area contributed by atoms with Crippen LogP contribution in [0.2, 0.25) is 0 Å². The second-order valence-corrected chi connectivity index (χ2v) is 3.76. The van der Waals surface area contributed by atoms with E-state index < -0.39 is 0 Å². The summed E-state index contributed by atoms with van der Waals surface area (Å²) in [5.41, 5.74) is 0.944. The highest BCUT2D eigenvalue weighted by molar-refractivity contribution is 7.80. The smallest absolute Gasteiger partial charge is 0.123 e. The summed E-state index contributed by atoms with van der Waals surface area (Å²) in [4.78, 5) is 0. The Morgan fingerprint density at radius 1 is 1.46 bits per heavy atom. The van der Waals surface area contributed by atoms with Crippen LogP contribution in [0.15, 0.2) is 24.3 Å². The van der Waals surface area contributed by atoms with E-state index in [4.69, 9.17) is 4.74 Å². The van der Waals surface area contributed by atoms with Crippen LogP contribution in [0, 0.1) is 5.82 Å². The van der Waals surface area contributed by atoms with Gasteiger partial charge in [0.15, 0.2) is 0 Å². The maximum Gasteiger partial charge on any atom is 0.123 e. The highest BCUT2D eigenvalue weighted by Crippen LogP contribution is 2.33. The number of halogens is 1. The SMILES string of the molecule is Fc1cccc(C2(CS)COC2)c1. The van der Waals surface area contributed by atoms with Crippen molar-refractivity contribution in [3.8, 4) is 0 Å². The Morgan fingerprint density at radius 3 is 2.69 bits per heavy atom. The fourth-order valence-corrected chi connectivity index (χ4v) is 1.88. The van der Waals surface area contributed by atoms with Gasteiger partial charge in [0.05, 0.1) is 18.6 Å². The standard InChI is InChI=1S/C10H11FOS/c11-9-3-1-2-8(4-9)10(7-13)5-12-6-10/h1-4,13H,5-7H2. The molecule has 0 aliphatic carbocycles. The van der Waals surface area contributed by atoms with Crippen molar-refractivity contribution >= 4 is 12.6 Å². The Bertz CT molecular complexity index is 304. The Labute approximate surface area is 82.3 Å². The first-order valence-electron chi connectivity index (χ1n) is 4.21. The van der Waals surface area contributed by atoms with Crippen LogP contribution in [0.4, 0.5) is 4.39 Å². The molecule has 0 unspecified atom stereocenters. The molecule has 0 atom stereocenters. The van der Waals surface area contributed by atoms with Crippen LogP contribution < -0.4 is 0 Å². The van der Waals surface area contributed by atoms with Crippen molar-refractivity contribution < 1.29 is 9.13 Å². The lowest BCUT2D eigenvalue weighted by atomic mass is 9.80. The van der Waals surface area contributed by atoms with E-state index in [1.165, 1.54) is 6.07 Å². The predicted molar refractivity (Wildman–Crippen MR) is 52.8 cm³/mol. The van der Waals surface area contributed by atoms with Crippen molar-refractivity contribution in [1.82, 2.24) is 0 Å². The fraction of sp³-hybridized carbons (Fsp3) is 0.400. The van der Waals surface area contributed by atoms with Crippen LogP contribution in [0.1, 0.15) is 5.56 Å². The van der Waals surface area contributed by atoms with Gasteiger partial charge in [-0.2, -0.15) is 12.6 Å². The van der Waals surface area contributed by atoms with E-state index in [1.807, 2.05) is 6.07 Å². The van der Waals surface area contributed by atoms with Gasteiger partial charge in [0.2, 0.25) is 0 Å². The van der Waals surface area contributed by atoms with E-state index in [0.717, 1.165) is 5.56 Å². The highest BCUT2D eigenvalue weighted by atomic mass is 32.1. The minimum atomic E-state index is -0.189. The van der Waals surface area contributed by atoms with Crippen molar-refractivity contribution in [3.63, 3.8) is 0 Å². The number of hydrogen-bond acceptors (Lipinski definition) is 2. The van der Waals surface area contributed by atoms with Gasteiger partial charge in [-0.3, -0.25) is 0 Å². The zero-order valence-corrected chi connectivity index (χ0v) is 8.06. The second kappa shape index (κ2) is 3.31. The molecule has 70 valence electrons. The molecule has 2 rings (SSSR count). The summed E-state index contributed by atoms with van der Waals surface area (Å²) >= 11 is 4.28. The van der Waals surface area contributed by atoms with Gasteiger partial charge in [-0.05, 0) is 17.7 Å². The van der Waals surface area contributed by atoms with Gasteiger partial charge in [0.1, 0.15) is 5.82 Å². The lowest BCUT2D eigenvalue weighted by Gasteiger charge is -2.40. The average Bonchev–Trinajstić information content (AvgIpc) is 2.03. The molecule has 0 aromatic heterocycles. The van der Waals surface area contributed by atoms with Gasteiger partial charge >= 0.3 is 0 Å². The first kappa shape index (κ1) is 9.03. The molecule has 0 spiro atoms. The second-order valence-electron chi connectivity index (χ2n) is 3.44. The Morgan fingerprint density at radius 2 is 2.23 bits per heavy atom. The van der Waals surface area contributed by atoms with E-state index in [0.29, 0.717) is 19.0 Å². The summed E-state index contributed by atoms with van der Waals surface area (Å²) in [6.07, 6.45) is 0. The maximum atomic E-state index is 12.9. The summed E-state index contributed by atoms with van der Waals surface area (Å²) in [6, 6.07) is 6.68. The van der Waals surface area contributed by atoms with Gasteiger partial charge in [-0.15, -0.1) is 0 Å². The molecule has 1 heterocycles. The van der Waals surface area contributed by atoms with Crippen LogP contribution >= 0.6 is 12.6 Å². The predicted octanol–water partition coefficient (Wildman–Crippen LogP) is 2.02. The monoisotopic (exact) mass is 198 g/mol. The van der Waals surface area contributed by atoms with Crippen molar-refractivity contribution in [3.05, 3.63) is 35.6 Å². The lowest BCUT2D eigenvalue weighted by molar-refractivity contribution is -0.0471. The Hall–Kier alpha value is -0.540. The fourth-order valence-electron chi connectivity index (χ4n) is 1.52. The summed E-state index contributed by atoms with van der Waals surface area (Å²) < 4.78 is 18.1. The minimum Gasteiger partial charge on any atom is -0.379 e. The molecule has 1 aliphatic rings. The lowest BCUT2D eigenvalue weighted by Crippen LogP contribution is -2.48. The maximum absolute atomic E-state index is 12.9. The molecule has 3 heteroatoms. The van der Waals surface area contributed by atoms with Crippen LogP contribution in [-0.2, 0) is 10.2 Å². The third-order valence-corrected chi connectivity index (χ3v) is 3.10. The number of rotatable bonds is 2. The van der Waals surface area contributed by atoms with Gasteiger partial charge in [0, 0.05) is 5.75 Å². The normalized spacial score (nSPS) is 19.5. The minimum absolute atomic E-state index is 0.0504. The first-order chi connectivity index (χ1) is 6.27. The average molecular weight is 198 g/mol. The van der Waals surface area contributed by atoms with Gasteiger partial charge in [-0.1, -0.05) is 12.1 Å². The third kappa shape index (κ3) is 1.46. The molecule has 1 aromatic rings. The van der Waals surface area contributed by atoms with Crippen molar-refractivity contribution in [2.24, 2.45) is 0 Å². The zero-order chi connectivity index (χ0) is 9.31. The largest absolute Gasteiger partial charge is 0.379 e. The molecule has 13 heavy (non-hydrogen) atoms. The summed E-state index contributed by atoms with van der Waals surface area (Å²) in [6.45, 7) is 1.31. The van der Waals surface area contributed by atoms with Crippen LogP contribution in [0.3, 0.4) is 0 Å². The molecule has 1 nitrogen and oxygen atoms in total. The molecule has 0 radical (unpaired) electrons. The molecule has 1 fully saturated rings. The molecule has 1 aromatic carbocycles. The molecular weight excluding hydrogens is 187 g/mol. The molecule has 0 amide bonds. The summed E-state index contributed by atoms with van der Waals surface area (Å²) in [7, 11) is 0. The van der Waals surface area contributed by atoms with Crippen molar-refractivity contribution in [2.45, 2.75) is 5.41 Å². The van der Waals surface area contributed by atoms with Crippen molar-refractivity contribution in [2.75, 3.05) is 19.0 Å². The summed E-state index contributed by atoms with van der Waals surface area (Å²) in [5, 5.41) is 0. The van der Waals surface area contributed by atoms with E-state index in [-0.39, 0.29) is 11.2 Å². The number of thiol groups is 1. The number of hydrogen-bond donors (Lipinski definition) is 1. The Balaban J connectivity index is 2.33. The van der Waals surface area contributed by atoms with E-state index >= 15 is 0 Å². The molecule has 0 saturated carbocycles. The number of benzene rings is 1. The molecular formula is C10H11FOS. The molecule has 0 bridgehead atoms. The topological polar surface area (TPSA) is 9.23 Å². The summed E-state index contributed by atoms with van der Waals surface area (Å²) in [5.74, 6) is 0.516. The third-order valence-electron chi connectivity index (χ3n) is 2.50. The van der Waals surface area contributed by atoms with Crippen LogP contribution in [-0.4, -0.2) is 19.0 Å². The molecule has 1 saturated heterocycles.